The van der Waals surface area contributed by atoms with Gasteiger partial charge in [-0.3, -0.25) is 0 Å². The summed E-state index contributed by atoms with van der Waals surface area (Å²) in [4.78, 5) is 4.13. The number of aliphatic hydroxyl groups excluding tert-OH is 1. The number of hydrogen-bond acceptors (Lipinski definition) is 3. The Morgan fingerprint density at radius 3 is 2.63 bits per heavy atom. The lowest BCUT2D eigenvalue weighted by atomic mass is 10.1. The van der Waals surface area contributed by atoms with Crippen LogP contribution < -0.4 is 4.74 Å². The molecule has 3 heteroatoms. The largest absolute Gasteiger partial charge is 0.439 e. The monoisotopic (exact) mass is 251 g/mol. The van der Waals surface area contributed by atoms with Crippen LogP contribution >= 0.6 is 0 Å². The van der Waals surface area contributed by atoms with Crippen LogP contribution in [0.3, 0.4) is 0 Å². The molecule has 94 valence electrons. The molecule has 0 unspecified atom stereocenters. The van der Waals surface area contributed by atoms with Crippen molar-refractivity contribution in [2.45, 2.75) is 6.61 Å². The van der Waals surface area contributed by atoms with Crippen LogP contribution in [0.1, 0.15) is 5.56 Å². The second-order valence-electron chi connectivity index (χ2n) is 4.27. The summed E-state index contributed by atoms with van der Waals surface area (Å²) in [5, 5.41) is 11.4. The molecule has 3 rings (SSSR count). The van der Waals surface area contributed by atoms with Gasteiger partial charge in [0.15, 0.2) is 0 Å². The highest BCUT2D eigenvalue weighted by Gasteiger charge is 2.01. The molecule has 0 fully saturated rings. The minimum atomic E-state index is -0.0173. The smallest absolute Gasteiger partial charge is 0.219 e. The first-order chi connectivity index (χ1) is 9.35. The fraction of sp³-hybridized carbons (Fsp3) is 0.0625. The summed E-state index contributed by atoms with van der Waals surface area (Å²) in [5.74, 6) is 1.23. The molecule has 0 aliphatic rings. The number of hydrogen-bond donors (Lipinski definition) is 1. The van der Waals surface area contributed by atoms with Gasteiger partial charge in [-0.2, -0.15) is 0 Å². The first kappa shape index (κ1) is 11.7. The first-order valence-electron chi connectivity index (χ1n) is 6.07. The topological polar surface area (TPSA) is 42.4 Å². The van der Waals surface area contributed by atoms with E-state index >= 15 is 0 Å². The van der Waals surface area contributed by atoms with Crippen LogP contribution in [0.2, 0.25) is 0 Å². The van der Waals surface area contributed by atoms with Crippen molar-refractivity contribution in [1.82, 2.24) is 4.98 Å². The molecule has 1 N–H and O–H groups in total. The molecule has 3 aromatic rings. The summed E-state index contributed by atoms with van der Waals surface area (Å²) in [6.07, 6.45) is 1.63. The molecule has 0 bridgehead atoms. The SMILES string of the molecule is OCc1ccnc(Oc2ccc3ccccc3c2)c1. The molecule has 0 atom stereocenters. The third-order valence-corrected chi connectivity index (χ3v) is 2.93. The van der Waals surface area contributed by atoms with Crippen molar-refractivity contribution in [1.29, 1.82) is 0 Å². The summed E-state index contributed by atoms with van der Waals surface area (Å²) < 4.78 is 5.71. The Balaban J connectivity index is 1.92. The van der Waals surface area contributed by atoms with Crippen molar-refractivity contribution < 1.29 is 9.84 Å². The molecular weight excluding hydrogens is 238 g/mol. The van der Waals surface area contributed by atoms with Crippen LogP contribution in [0, 0.1) is 0 Å². The van der Waals surface area contributed by atoms with Gasteiger partial charge in [-0.15, -0.1) is 0 Å². The van der Waals surface area contributed by atoms with E-state index < -0.39 is 0 Å². The number of ether oxygens (including phenoxy) is 1. The quantitative estimate of drug-likeness (QED) is 0.774. The first-order valence-corrected chi connectivity index (χ1v) is 6.07. The lowest BCUT2D eigenvalue weighted by Gasteiger charge is -2.06. The molecule has 0 aliphatic carbocycles. The average molecular weight is 251 g/mol. The highest BCUT2D eigenvalue weighted by molar-refractivity contribution is 5.83. The second-order valence-corrected chi connectivity index (χ2v) is 4.27. The summed E-state index contributed by atoms with van der Waals surface area (Å²) in [7, 11) is 0. The minimum Gasteiger partial charge on any atom is -0.439 e. The van der Waals surface area contributed by atoms with Gasteiger partial charge in [0.2, 0.25) is 5.88 Å². The van der Waals surface area contributed by atoms with E-state index in [9.17, 15) is 0 Å². The van der Waals surface area contributed by atoms with E-state index in [1.165, 1.54) is 5.39 Å². The molecule has 0 saturated heterocycles. The molecule has 1 aromatic heterocycles. The number of pyridine rings is 1. The van der Waals surface area contributed by atoms with Crippen LogP contribution in [0.5, 0.6) is 11.6 Å². The Labute approximate surface area is 111 Å². The summed E-state index contributed by atoms with van der Waals surface area (Å²) in [6.45, 7) is -0.0173. The van der Waals surface area contributed by atoms with Gasteiger partial charge in [0.25, 0.3) is 0 Å². The van der Waals surface area contributed by atoms with E-state index in [0.29, 0.717) is 5.88 Å². The summed E-state index contributed by atoms with van der Waals surface area (Å²) in [5.41, 5.74) is 0.783. The molecule has 0 spiro atoms. The summed E-state index contributed by atoms with van der Waals surface area (Å²) in [6, 6.07) is 17.5. The van der Waals surface area contributed by atoms with Crippen molar-refractivity contribution in [2.75, 3.05) is 0 Å². The second kappa shape index (κ2) is 5.08. The third-order valence-electron chi connectivity index (χ3n) is 2.93. The van der Waals surface area contributed by atoms with E-state index in [-0.39, 0.29) is 6.61 Å². The third kappa shape index (κ3) is 2.56. The molecule has 1 heterocycles. The van der Waals surface area contributed by atoms with Crippen LogP contribution in [0.4, 0.5) is 0 Å². The molecule has 0 radical (unpaired) electrons. The van der Waals surface area contributed by atoms with E-state index in [0.717, 1.165) is 16.7 Å². The van der Waals surface area contributed by atoms with Crippen LogP contribution in [-0.2, 0) is 6.61 Å². The van der Waals surface area contributed by atoms with Gasteiger partial charge in [0, 0.05) is 12.3 Å². The number of nitrogens with zero attached hydrogens (tertiary/aromatic N) is 1. The maximum atomic E-state index is 9.09. The maximum absolute atomic E-state index is 9.09. The fourth-order valence-electron chi connectivity index (χ4n) is 1.96. The van der Waals surface area contributed by atoms with E-state index in [4.69, 9.17) is 9.84 Å². The molecule has 3 nitrogen and oxygen atoms in total. The zero-order valence-electron chi connectivity index (χ0n) is 10.3. The predicted molar refractivity (Wildman–Crippen MR) is 74.2 cm³/mol. The van der Waals surface area contributed by atoms with Gasteiger partial charge in [-0.25, -0.2) is 4.98 Å². The highest BCUT2D eigenvalue weighted by Crippen LogP contribution is 2.24. The highest BCUT2D eigenvalue weighted by atomic mass is 16.5. The number of aliphatic hydroxyl groups is 1. The lowest BCUT2D eigenvalue weighted by Crippen LogP contribution is -1.90. The lowest BCUT2D eigenvalue weighted by molar-refractivity contribution is 0.281. The van der Waals surface area contributed by atoms with Crippen molar-refractivity contribution in [2.24, 2.45) is 0 Å². The fourth-order valence-corrected chi connectivity index (χ4v) is 1.96. The number of fused-ring (bicyclic) bond motifs is 1. The van der Waals surface area contributed by atoms with Gasteiger partial charge in [-0.1, -0.05) is 30.3 Å². The summed E-state index contributed by atoms with van der Waals surface area (Å²) >= 11 is 0. The zero-order valence-corrected chi connectivity index (χ0v) is 10.3. The van der Waals surface area contributed by atoms with Gasteiger partial charge in [-0.05, 0) is 34.5 Å². The molecule has 0 amide bonds. The predicted octanol–water partition coefficient (Wildman–Crippen LogP) is 3.52. The Kier molecular flexibility index (Phi) is 3.12. The van der Waals surface area contributed by atoms with E-state index in [2.05, 4.69) is 11.1 Å². The Morgan fingerprint density at radius 1 is 0.947 bits per heavy atom. The molecule has 19 heavy (non-hydrogen) atoms. The van der Waals surface area contributed by atoms with Crippen LogP contribution in [0.15, 0.2) is 60.8 Å². The average Bonchev–Trinajstić information content (AvgIpc) is 2.47. The van der Waals surface area contributed by atoms with Gasteiger partial charge in [0.05, 0.1) is 6.61 Å². The van der Waals surface area contributed by atoms with Gasteiger partial charge in [0.1, 0.15) is 5.75 Å². The standard InChI is InChI=1S/C16H13NO2/c18-11-12-7-8-17-16(9-12)19-15-6-5-13-3-1-2-4-14(13)10-15/h1-10,18H,11H2. The molecule has 0 saturated carbocycles. The zero-order chi connectivity index (χ0) is 13.1. The number of benzene rings is 2. The van der Waals surface area contributed by atoms with Crippen LogP contribution in [0.25, 0.3) is 10.8 Å². The van der Waals surface area contributed by atoms with Crippen molar-refractivity contribution in [3.63, 3.8) is 0 Å². The number of aromatic nitrogens is 1. The van der Waals surface area contributed by atoms with Gasteiger partial charge < -0.3 is 9.84 Å². The molecule has 2 aromatic carbocycles. The molecule has 0 aliphatic heterocycles. The van der Waals surface area contributed by atoms with Crippen molar-refractivity contribution in [3.8, 4) is 11.6 Å². The van der Waals surface area contributed by atoms with Crippen LogP contribution in [-0.4, -0.2) is 10.1 Å². The Morgan fingerprint density at radius 2 is 1.79 bits per heavy atom. The van der Waals surface area contributed by atoms with Crippen molar-refractivity contribution >= 4 is 10.8 Å². The maximum Gasteiger partial charge on any atom is 0.219 e. The minimum absolute atomic E-state index is 0.0173. The number of rotatable bonds is 3. The normalized spacial score (nSPS) is 10.6. The van der Waals surface area contributed by atoms with Crippen molar-refractivity contribution in [3.05, 3.63) is 66.4 Å². The van der Waals surface area contributed by atoms with E-state index in [1.807, 2.05) is 36.4 Å². The Hall–Kier alpha value is -2.39. The Bertz CT molecular complexity index is 710. The van der Waals surface area contributed by atoms with E-state index in [1.54, 1.807) is 18.3 Å². The molecular formula is C16H13NO2. The van der Waals surface area contributed by atoms with Gasteiger partial charge >= 0.3 is 0 Å².